The molecular formula is C108H152Cl2F2O15SSi. The highest BCUT2D eigenvalue weighted by molar-refractivity contribution is 7.92. The van der Waals surface area contributed by atoms with Crippen LogP contribution in [-0.4, -0.2) is 106 Å². The highest BCUT2D eigenvalue weighted by Gasteiger charge is 2.40. The average Bonchev–Trinajstić information content (AvgIpc) is 1.56. The third kappa shape index (κ3) is 49.4. The van der Waals surface area contributed by atoms with E-state index in [-0.39, 0.29) is 100 Å². The summed E-state index contributed by atoms with van der Waals surface area (Å²) in [6.45, 7) is 59.0. The molecule has 0 spiro atoms. The second-order valence-corrected chi connectivity index (χ2v) is 46.9. The van der Waals surface area contributed by atoms with Crippen molar-refractivity contribution in [3.05, 3.63) is 282 Å². The Morgan fingerprint density at radius 2 is 0.775 bits per heavy atom. The van der Waals surface area contributed by atoms with Gasteiger partial charge in [-0.15, -0.1) is 0 Å². The van der Waals surface area contributed by atoms with Crippen LogP contribution in [0, 0.1) is 60.2 Å². The highest BCUT2D eigenvalue weighted by atomic mass is 35.5. The van der Waals surface area contributed by atoms with Gasteiger partial charge in [0.05, 0.1) is 52.3 Å². The van der Waals surface area contributed by atoms with E-state index < -0.39 is 39.9 Å². The number of Topliss-reactive ketones (excluding diaryl/α,β-unsaturated/α-hetero) is 1. The van der Waals surface area contributed by atoms with Gasteiger partial charge in [-0.3, -0.25) is 33.6 Å². The summed E-state index contributed by atoms with van der Waals surface area (Å²) in [6, 6.07) is 77.6. The van der Waals surface area contributed by atoms with Crippen molar-refractivity contribution in [1.82, 2.24) is 0 Å². The van der Waals surface area contributed by atoms with Gasteiger partial charge in [0.25, 0.3) is 0 Å². The number of hydrogen-bond acceptors (Lipinski definition) is 15. The smallest absolute Gasteiger partial charge is 0.308 e. The molecule has 0 N–H and O–H groups in total. The minimum atomic E-state index is -3.16. The van der Waals surface area contributed by atoms with Gasteiger partial charge < -0.3 is 28.4 Å². The molecule has 0 atom stereocenters. The molecule has 9 rings (SSSR count). The summed E-state index contributed by atoms with van der Waals surface area (Å²) in [4.78, 5) is 77.1. The zero-order valence-electron chi connectivity index (χ0n) is 82.5. The minimum absolute atomic E-state index is 0.00614. The molecule has 15 nitrogen and oxygen atoms in total. The molecule has 0 heterocycles. The first-order chi connectivity index (χ1) is 59.9. The van der Waals surface area contributed by atoms with Crippen molar-refractivity contribution in [3.8, 4) is 11.1 Å². The number of esters is 6. The Kier molecular flexibility index (Phi) is 56.1. The van der Waals surface area contributed by atoms with E-state index in [0.29, 0.717) is 44.2 Å². The number of carbonyl (C=O) groups is 7. The molecule has 1 aliphatic carbocycles. The predicted octanol–water partition coefficient (Wildman–Crippen LogP) is 27.2. The molecule has 0 aliphatic heterocycles. The van der Waals surface area contributed by atoms with Crippen LogP contribution in [0.4, 0.5) is 8.78 Å². The van der Waals surface area contributed by atoms with Crippen molar-refractivity contribution < 1.29 is 79.2 Å². The van der Waals surface area contributed by atoms with Gasteiger partial charge in [0.15, 0.2) is 9.84 Å². The van der Waals surface area contributed by atoms with Gasteiger partial charge in [-0.1, -0.05) is 398 Å². The minimum Gasteiger partial charge on any atom is -0.466 e. The third-order valence-electron chi connectivity index (χ3n) is 18.7. The van der Waals surface area contributed by atoms with Crippen molar-refractivity contribution in [2.24, 2.45) is 53.3 Å². The largest absolute Gasteiger partial charge is 0.466 e. The summed E-state index contributed by atoms with van der Waals surface area (Å²) >= 11 is 11.1. The van der Waals surface area contributed by atoms with E-state index >= 15 is 0 Å². The van der Waals surface area contributed by atoms with Crippen molar-refractivity contribution in [2.75, 3.05) is 26.4 Å². The lowest BCUT2D eigenvalue weighted by Crippen LogP contribution is -2.35. The van der Waals surface area contributed by atoms with Crippen LogP contribution in [0.5, 0.6) is 0 Å². The summed E-state index contributed by atoms with van der Waals surface area (Å²) in [5, 5.41) is -0.352. The van der Waals surface area contributed by atoms with E-state index in [4.69, 9.17) is 51.6 Å². The molecule has 712 valence electrons. The molecule has 0 bridgehead atoms. The molecule has 8 aromatic carbocycles. The number of alkyl halides is 4. The summed E-state index contributed by atoms with van der Waals surface area (Å²) in [6.07, 6.45) is 2.75. The number of ketones is 1. The lowest BCUT2D eigenvalue weighted by Gasteiger charge is -2.39. The SMILES string of the molecule is C=CCOC(=O)C(C)C.CC(C)C(=O)C(C)(F)F.CC(C)C(=O)OC(C)(C)C.CC(C)C(=O)OCC(C)(Cl)Cl.CC(C)C(=O)OCC1c2ccccc2-c2ccccc21.CC(C)C(=O)OCC[Si](C)(C)C.CC(C)C(=O)OCc1ccccc1.CC(C)C(c1ccccc1)(c1ccccc1)c1ccccc1.CC(C)Cc1ccccc1.Cc1ccc(S(=O)(=O)C(C)C)cc1. The molecule has 0 saturated heterocycles. The molecule has 129 heavy (non-hydrogen) atoms. The van der Waals surface area contributed by atoms with Crippen LogP contribution in [0.25, 0.3) is 11.1 Å². The lowest BCUT2D eigenvalue weighted by atomic mass is 9.63. The molecular weight excluding hydrogens is 1710 g/mol. The molecule has 0 unspecified atom stereocenters. The fourth-order valence-electron chi connectivity index (χ4n) is 11.6. The van der Waals surface area contributed by atoms with Crippen LogP contribution in [0.3, 0.4) is 0 Å². The van der Waals surface area contributed by atoms with Crippen LogP contribution in [-0.2, 0) is 90.3 Å². The van der Waals surface area contributed by atoms with Gasteiger partial charge in [0.2, 0.25) is 5.78 Å². The standard InChI is InChI=1S/C22H22.C18H18O2.C11H14O2.C10H14O2S.C10H14.C9H20O2Si.C8H16O2.C7H12Cl2O2.C7H12O2.C6H10F2O/c1-18(2)22(19-12-6-3-7-13-19,20-14-8-4-9-15-20)21-16-10-5-11-17-21;1-12(2)18(19)20-11-17-15-9-5-3-7-13(15)14-8-4-6-10-16(14)17;1-9(2)11(12)13-8-10-6-4-3-5-7-10;1-8(2)13(11,12)10-6-4-9(3)5-7-10;1-9(2)8-10-6-4-3-5-7-10;1-8(2)9(10)11-6-7-12(3,4)5;1-6(2)7(9)10-8(3,4)5;1-5(2)6(10)11-4-7(3,8)9;1-4-5-9-7(8)6(2)3;1-4(2)5(9)6(3,7)8/h3-18H,1-2H3;3-10,12,17H,11H2,1-2H3;3-7,9H,8H2,1-2H3;4-8H,1-3H3;3-7,9H,8H2,1-2H3;8H,6-7H2,1-5H3;6H,1-5H3;5H,4H2,1-3H3;4,6H,1,5H2,2-3H3;4H,1-3H3. The Bertz CT molecular complexity index is 4490. The fourth-order valence-corrected chi connectivity index (χ4v) is 13.5. The maximum Gasteiger partial charge on any atom is 0.308 e. The first kappa shape index (κ1) is 120. The van der Waals surface area contributed by atoms with Crippen LogP contribution in [0.1, 0.15) is 224 Å². The molecule has 8 aromatic rings. The van der Waals surface area contributed by atoms with E-state index in [1.165, 1.54) is 64.8 Å². The monoisotopic (exact) mass is 1860 g/mol. The Morgan fingerprint density at radius 3 is 1.09 bits per heavy atom. The summed E-state index contributed by atoms with van der Waals surface area (Å²) in [5.74, 6) is -4.63. The van der Waals surface area contributed by atoms with Gasteiger partial charge in [0, 0.05) is 32.2 Å². The molecule has 0 fully saturated rings. The topological polar surface area (TPSA) is 209 Å². The maximum absolute atomic E-state index is 12.0. The molecule has 0 radical (unpaired) electrons. The van der Waals surface area contributed by atoms with Crippen molar-refractivity contribution in [3.63, 3.8) is 0 Å². The lowest BCUT2D eigenvalue weighted by molar-refractivity contribution is -0.159. The number of aryl methyl sites for hydroxylation is 1. The second-order valence-electron chi connectivity index (χ2n) is 36.9. The van der Waals surface area contributed by atoms with Gasteiger partial charge in [-0.25, -0.2) is 8.42 Å². The van der Waals surface area contributed by atoms with E-state index in [1.54, 1.807) is 66.7 Å². The number of hydrogen-bond donors (Lipinski definition) is 0. The van der Waals surface area contributed by atoms with Crippen LogP contribution >= 0.6 is 23.2 Å². The first-order valence-electron chi connectivity index (χ1n) is 44.6. The highest BCUT2D eigenvalue weighted by Crippen LogP contribution is 2.46. The molecule has 0 amide bonds. The fraction of sp³-hybridized carbons (Fsp3) is 0.472. The number of ether oxygens (including phenoxy) is 6. The zero-order valence-corrected chi connectivity index (χ0v) is 85.8. The van der Waals surface area contributed by atoms with Crippen LogP contribution < -0.4 is 0 Å². The van der Waals surface area contributed by atoms with Gasteiger partial charge in [-0.05, 0) is 135 Å². The summed E-state index contributed by atoms with van der Waals surface area (Å²) in [5.41, 5.74) is 12.1. The van der Waals surface area contributed by atoms with E-state index in [9.17, 15) is 50.8 Å². The Morgan fingerprint density at radius 1 is 0.434 bits per heavy atom. The van der Waals surface area contributed by atoms with Crippen LogP contribution in [0.2, 0.25) is 25.7 Å². The first-order valence-corrected chi connectivity index (χ1v) is 50.6. The van der Waals surface area contributed by atoms with Crippen molar-refractivity contribution >= 4 is 82.7 Å². The Hall–Kier alpha value is -9.40. The summed E-state index contributed by atoms with van der Waals surface area (Å²) < 4.78 is 76.4. The normalized spacial score (nSPS) is 11.6. The van der Waals surface area contributed by atoms with Crippen molar-refractivity contribution in [2.45, 2.75) is 256 Å². The molecule has 21 heteroatoms. The molecule has 1 aliphatic rings. The van der Waals surface area contributed by atoms with Crippen molar-refractivity contribution in [1.29, 1.82) is 0 Å². The summed E-state index contributed by atoms with van der Waals surface area (Å²) in [7, 11) is -4.13. The Labute approximate surface area is 785 Å². The maximum atomic E-state index is 12.0. The number of fused-ring (bicyclic) bond motifs is 3. The molecule has 0 aromatic heterocycles. The van der Waals surface area contributed by atoms with Gasteiger partial charge in [-0.2, -0.15) is 8.78 Å². The van der Waals surface area contributed by atoms with E-state index in [0.717, 1.165) is 23.1 Å². The zero-order chi connectivity index (χ0) is 98.8. The van der Waals surface area contributed by atoms with E-state index in [2.05, 4.69) is 212 Å². The number of halogens is 4. The third-order valence-corrected chi connectivity index (χ3v) is 22.8. The Balaban J connectivity index is 0.00000144. The average molecular weight is 1860 g/mol. The number of carbonyl (C=O) groups excluding carboxylic acids is 7. The number of benzene rings is 8. The van der Waals surface area contributed by atoms with Crippen LogP contribution in [0.15, 0.2) is 242 Å². The quantitative estimate of drug-likeness (QED) is 0.0117. The predicted molar refractivity (Wildman–Crippen MR) is 530 cm³/mol. The second kappa shape index (κ2) is 60.5. The van der Waals surface area contributed by atoms with Gasteiger partial charge >= 0.3 is 41.7 Å². The van der Waals surface area contributed by atoms with Gasteiger partial charge in [0.1, 0.15) is 36.4 Å². The van der Waals surface area contributed by atoms with E-state index in [1.807, 2.05) is 138 Å². The molecule has 0 saturated carbocycles. The number of rotatable bonds is 27. The number of sulfone groups is 1.